The summed E-state index contributed by atoms with van der Waals surface area (Å²) in [5.41, 5.74) is 0. The van der Waals surface area contributed by atoms with E-state index in [1.807, 2.05) is 0 Å². The van der Waals surface area contributed by atoms with E-state index in [1.54, 1.807) is 6.92 Å². The largest absolute Gasteiger partial charge is 0.377 e. The molecule has 0 aromatic heterocycles. The van der Waals surface area contributed by atoms with Gasteiger partial charge < -0.3 is 4.74 Å². The van der Waals surface area contributed by atoms with Crippen molar-refractivity contribution in [3.05, 3.63) is 0 Å². The summed E-state index contributed by atoms with van der Waals surface area (Å²) in [5.74, 6) is -0.221. The number of rotatable bonds is 5. The van der Waals surface area contributed by atoms with Crippen molar-refractivity contribution >= 4 is 10.2 Å². The molecular formula is C7H13FO3S. The molecule has 0 bridgehead atoms. The molecule has 1 atom stereocenters. The van der Waals surface area contributed by atoms with E-state index < -0.39 is 22.1 Å². The van der Waals surface area contributed by atoms with E-state index in [4.69, 9.17) is 4.74 Å². The lowest BCUT2D eigenvalue weighted by atomic mass is 10.3. The predicted molar refractivity (Wildman–Crippen MR) is 43.0 cm³/mol. The minimum atomic E-state index is -4.38. The van der Waals surface area contributed by atoms with Crippen molar-refractivity contribution in [2.45, 2.75) is 25.9 Å². The van der Waals surface area contributed by atoms with Crippen LogP contribution in [0.1, 0.15) is 19.8 Å². The van der Waals surface area contributed by atoms with Gasteiger partial charge in [-0.05, 0) is 25.7 Å². The van der Waals surface area contributed by atoms with Gasteiger partial charge >= 0.3 is 10.2 Å². The van der Waals surface area contributed by atoms with E-state index in [9.17, 15) is 12.3 Å². The maximum Gasteiger partial charge on any atom is 0.304 e. The van der Waals surface area contributed by atoms with Crippen molar-refractivity contribution in [3.8, 4) is 0 Å². The van der Waals surface area contributed by atoms with Crippen molar-refractivity contribution in [3.63, 3.8) is 0 Å². The fraction of sp³-hybridized carbons (Fsp3) is 1.00. The normalized spacial score (nSPS) is 20.8. The Morgan fingerprint density at radius 3 is 2.50 bits per heavy atom. The Balaban J connectivity index is 2.43. The Hall–Kier alpha value is -0.160. The monoisotopic (exact) mass is 196 g/mol. The second kappa shape index (κ2) is 3.70. The number of halogens is 1. The minimum absolute atomic E-state index is 0.260. The third-order valence-electron chi connectivity index (χ3n) is 1.89. The van der Waals surface area contributed by atoms with E-state index in [-0.39, 0.29) is 5.92 Å². The molecule has 0 N–H and O–H groups in total. The molecule has 1 unspecified atom stereocenters. The average Bonchev–Trinajstić information content (AvgIpc) is 2.63. The molecule has 0 radical (unpaired) electrons. The summed E-state index contributed by atoms with van der Waals surface area (Å²) in [7, 11) is -4.38. The Kier molecular flexibility index (Phi) is 3.06. The van der Waals surface area contributed by atoms with Gasteiger partial charge in [-0.3, -0.25) is 0 Å². The first-order valence-electron chi connectivity index (χ1n) is 4.07. The van der Waals surface area contributed by atoms with Gasteiger partial charge in [0.1, 0.15) is 5.75 Å². The quantitative estimate of drug-likeness (QED) is 0.618. The molecule has 0 heterocycles. The number of hydrogen-bond donors (Lipinski definition) is 0. The summed E-state index contributed by atoms with van der Waals surface area (Å²) in [6, 6.07) is 0. The zero-order valence-corrected chi connectivity index (χ0v) is 7.81. The van der Waals surface area contributed by atoms with Crippen molar-refractivity contribution in [2.75, 3.05) is 12.4 Å². The number of ether oxygens (including phenoxy) is 1. The summed E-state index contributed by atoms with van der Waals surface area (Å²) in [5, 5.41) is 0. The Bertz CT molecular complexity index is 233. The van der Waals surface area contributed by atoms with Crippen molar-refractivity contribution in [1.82, 2.24) is 0 Å². The fourth-order valence-electron chi connectivity index (χ4n) is 1.20. The second-order valence-electron chi connectivity index (χ2n) is 3.04. The summed E-state index contributed by atoms with van der Waals surface area (Å²) in [6.45, 7) is 2.22. The van der Waals surface area contributed by atoms with Gasteiger partial charge in [-0.2, -0.15) is 8.42 Å². The van der Waals surface area contributed by atoms with Crippen LogP contribution >= 0.6 is 0 Å². The molecule has 1 aliphatic carbocycles. The van der Waals surface area contributed by atoms with Crippen LogP contribution in [-0.2, 0) is 15.0 Å². The van der Waals surface area contributed by atoms with Crippen LogP contribution in [0.5, 0.6) is 0 Å². The maximum absolute atomic E-state index is 12.2. The molecule has 1 saturated carbocycles. The molecule has 1 rings (SSSR count). The molecular weight excluding hydrogens is 183 g/mol. The SMILES string of the molecule is CCOC(CS(=O)(=O)F)C1CC1. The van der Waals surface area contributed by atoms with Gasteiger partial charge in [0.2, 0.25) is 0 Å². The van der Waals surface area contributed by atoms with Crippen LogP contribution in [0, 0.1) is 5.92 Å². The van der Waals surface area contributed by atoms with E-state index >= 15 is 0 Å². The molecule has 12 heavy (non-hydrogen) atoms. The first-order chi connectivity index (χ1) is 5.53. The Morgan fingerprint density at radius 1 is 1.58 bits per heavy atom. The van der Waals surface area contributed by atoms with E-state index in [0.717, 1.165) is 12.8 Å². The molecule has 1 fully saturated rings. The molecule has 0 aromatic rings. The van der Waals surface area contributed by atoms with Crippen LogP contribution in [0.25, 0.3) is 0 Å². The fourth-order valence-corrected chi connectivity index (χ4v) is 1.96. The van der Waals surface area contributed by atoms with Crippen molar-refractivity contribution in [1.29, 1.82) is 0 Å². The van der Waals surface area contributed by atoms with Gasteiger partial charge in [-0.1, -0.05) is 0 Å². The lowest BCUT2D eigenvalue weighted by molar-refractivity contribution is 0.0626. The molecule has 0 aromatic carbocycles. The van der Waals surface area contributed by atoms with Crippen molar-refractivity contribution in [2.24, 2.45) is 5.92 Å². The van der Waals surface area contributed by atoms with Gasteiger partial charge in [0.15, 0.2) is 0 Å². The highest BCUT2D eigenvalue weighted by Crippen LogP contribution is 2.35. The summed E-state index contributed by atoms with van der Waals surface area (Å²) < 4.78 is 38.0. The zero-order valence-electron chi connectivity index (χ0n) is 6.99. The van der Waals surface area contributed by atoms with Gasteiger partial charge in [0, 0.05) is 6.61 Å². The van der Waals surface area contributed by atoms with E-state index in [0.29, 0.717) is 6.61 Å². The standard InChI is InChI=1S/C7H13FO3S/c1-2-11-7(6-3-4-6)5-12(8,9)10/h6-7H,2-5H2,1H3. The van der Waals surface area contributed by atoms with Crippen LogP contribution in [0.3, 0.4) is 0 Å². The van der Waals surface area contributed by atoms with Crippen LogP contribution in [0.4, 0.5) is 3.89 Å². The first-order valence-corrected chi connectivity index (χ1v) is 5.62. The van der Waals surface area contributed by atoms with Crippen LogP contribution in [0.2, 0.25) is 0 Å². The summed E-state index contributed by atoms with van der Waals surface area (Å²) in [6.07, 6.45) is 1.49. The lowest BCUT2D eigenvalue weighted by Crippen LogP contribution is -2.24. The van der Waals surface area contributed by atoms with Crippen LogP contribution in [0.15, 0.2) is 0 Å². The summed E-state index contributed by atoms with van der Waals surface area (Å²) >= 11 is 0. The molecule has 0 aliphatic heterocycles. The molecule has 0 amide bonds. The second-order valence-corrected chi connectivity index (χ2v) is 4.45. The molecule has 72 valence electrons. The molecule has 1 aliphatic rings. The van der Waals surface area contributed by atoms with Gasteiger partial charge in [0.25, 0.3) is 0 Å². The predicted octanol–water partition coefficient (Wildman–Crippen LogP) is 1.10. The molecule has 0 saturated heterocycles. The van der Waals surface area contributed by atoms with Crippen molar-refractivity contribution < 1.29 is 17.0 Å². The smallest absolute Gasteiger partial charge is 0.304 e. The Morgan fingerprint density at radius 2 is 2.17 bits per heavy atom. The Labute approximate surface area is 72.1 Å². The highest BCUT2D eigenvalue weighted by Gasteiger charge is 2.34. The highest BCUT2D eigenvalue weighted by molar-refractivity contribution is 7.86. The van der Waals surface area contributed by atoms with E-state index in [2.05, 4.69) is 0 Å². The van der Waals surface area contributed by atoms with Crippen LogP contribution < -0.4 is 0 Å². The minimum Gasteiger partial charge on any atom is -0.377 e. The molecule has 3 nitrogen and oxygen atoms in total. The first kappa shape index (κ1) is 9.92. The molecule has 5 heteroatoms. The highest BCUT2D eigenvalue weighted by atomic mass is 32.3. The maximum atomic E-state index is 12.2. The lowest BCUT2D eigenvalue weighted by Gasteiger charge is -2.12. The van der Waals surface area contributed by atoms with E-state index in [1.165, 1.54) is 0 Å². The number of hydrogen-bond acceptors (Lipinski definition) is 3. The topological polar surface area (TPSA) is 43.4 Å². The van der Waals surface area contributed by atoms with Gasteiger partial charge in [-0.25, -0.2) is 0 Å². The van der Waals surface area contributed by atoms with Gasteiger partial charge in [0.05, 0.1) is 6.10 Å². The molecule has 0 spiro atoms. The third kappa shape index (κ3) is 3.49. The third-order valence-corrected chi connectivity index (χ3v) is 2.62. The average molecular weight is 196 g/mol. The van der Waals surface area contributed by atoms with Gasteiger partial charge in [-0.15, -0.1) is 3.89 Å². The zero-order chi connectivity index (χ0) is 9.19. The van der Waals surface area contributed by atoms with Crippen LogP contribution in [-0.4, -0.2) is 26.9 Å². The summed E-state index contributed by atoms with van der Waals surface area (Å²) in [4.78, 5) is 0.